The zero-order valence-electron chi connectivity index (χ0n) is 8.08. The molecule has 2 nitrogen and oxygen atoms in total. The summed E-state index contributed by atoms with van der Waals surface area (Å²) in [7, 11) is 0. The fraction of sp³-hybridized carbons (Fsp3) is 0.875. The monoisotopic (exact) mass is 250 g/mol. The van der Waals surface area contributed by atoms with Gasteiger partial charge in [-0.25, -0.2) is 0 Å². The van der Waals surface area contributed by atoms with Crippen molar-refractivity contribution < 1.29 is 35.9 Å². The summed E-state index contributed by atoms with van der Waals surface area (Å²) in [5, 5.41) is 0. The predicted octanol–water partition coefficient (Wildman–Crippen LogP) is 2.48. The van der Waals surface area contributed by atoms with E-state index < -0.39 is 36.1 Å². The van der Waals surface area contributed by atoms with Crippen LogP contribution in [-0.4, -0.2) is 30.8 Å². The maximum absolute atomic E-state index is 12.5. The molecule has 94 valence electrons. The van der Waals surface area contributed by atoms with Gasteiger partial charge in [0.05, 0.1) is 6.10 Å². The number of alkyl halides is 6. The Hall–Kier alpha value is -0.790. The van der Waals surface area contributed by atoms with Crippen molar-refractivity contribution in [1.29, 1.82) is 0 Å². The first kappa shape index (κ1) is 13.3. The number of rotatable bonds is 2. The zero-order valence-corrected chi connectivity index (χ0v) is 8.08. The number of halogens is 6. The summed E-state index contributed by atoms with van der Waals surface area (Å²) < 4.78 is 79.1. The summed E-state index contributed by atoms with van der Waals surface area (Å²) in [5.74, 6) is -1.88. The Bertz CT molecular complexity index is 278. The quantitative estimate of drug-likeness (QED) is 0.704. The molecule has 1 saturated carbocycles. The van der Waals surface area contributed by atoms with Crippen LogP contribution < -0.4 is 0 Å². The van der Waals surface area contributed by atoms with Crippen LogP contribution in [0.4, 0.5) is 26.3 Å². The van der Waals surface area contributed by atoms with Gasteiger partial charge >= 0.3 is 12.4 Å². The first-order valence-electron chi connectivity index (χ1n) is 4.37. The minimum Gasteiger partial charge on any atom is -0.376 e. The van der Waals surface area contributed by atoms with E-state index >= 15 is 0 Å². The summed E-state index contributed by atoms with van der Waals surface area (Å²) in [6, 6.07) is 0. The highest BCUT2D eigenvalue weighted by atomic mass is 19.4. The van der Waals surface area contributed by atoms with Crippen LogP contribution in [0.15, 0.2) is 0 Å². The number of carbonyl (C=O) groups is 1. The van der Waals surface area contributed by atoms with E-state index in [1.54, 1.807) is 0 Å². The summed E-state index contributed by atoms with van der Waals surface area (Å²) in [6.45, 7) is 0.951. The molecule has 0 saturated heterocycles. The fourth-order valence-electron chi connectivity index (χ4n) is 1.76. The first-order chi connectivity index (χ1) is 7.09. The highest BCUT2D eigenvalue weighted by Gasteiger charge is 2.83. The Morgan fingerprint density at radius 1 is 1.25 bits per heavy atom. The lowest BCUT2D eigenvalue weighted by atomic mass is 9.63. The molecule has 0 amide bonds. The van der Waals surface area contributed by atoms with Crippen molar-refractivity contribution in [2.45, 2.75) is 31.8 Å². The highest BCUT2D eigenvalue weighted by molar-refractivity contribution is 5.94. The molecule has 0 aromatic heterocycles. The van der Waals surface area contributed by atoms with E-state index in [2.05, 4.69) is 4.74 Å². The maximum Gasteiger partial charge on any atom is 0.412 e. The second-order valence-corrected chi connectivity index (χ2v) is 3.37. The van der Waals surface area contributed by atoms with Gasteiger partial charge in [-0.05, 0) is 6.92 Å². The third-order valence-corrected chi connectivity index (χ3v) is 2.56. The van der Waals surface area contributed by atoms with Crippen LogP contribution >= 0.6 is 0 Å². The molecule has 0 aliphatic heterocycles. The third kappa shape index (κ3) is 1.50. The third-order valence-electron chi connectivity index (χ3n) is 2.56. The summed E-state index contributed by atoms with van der Waals surface area (Å²) in [6.07, 6.45) is -14.4. The minimum absolute atomic E-state index is 0.314. The normalized spacial score (nSPS) is 25.4. The summed E-state index contributed by atoms with van der Waals surface area (Å²) in [5.41, 5.74) is -4.34. The van der Waals surface area contributed by atoms with E-state index in [-0.39, 0.29) is 6.61 Å². The molecule has 1 aliphatic rings. The van der Waals surface area contributed by atoms with Gasteiger partial charge in [0.1, 0.15) is 0 Å². The largest absolute Gasteiger partial charge is 0.412 e. The van der Waals surface area contributed by atoms with Crippen LogP contribution in [0.2, 0.25) is 0 Å². The van der Waals surface area contributed by atoms with Crippen LogP contribution in [0.5, 0.6) is 0 Å². The molecule has 0 radical (unpaired) electrons. The molecule has 1 unspecified atom stereocenters. The van der Waals surface area contributed by atoms with Gasteiger partial charge in [0.2, 0.25) is 5.41 Å². The molecule has 0 heterocycles. The Morgan fingerprint density at radius 3 is 1.94 bits per heavy atom. The number of hydrogen-bond donors (Lipinski definition) is 0. The number of Topliss-reactive ketones (excluding diaryl/α,β-unsaturated/α-hetero) is 1. The van der Waals surface area contributed by atoms with Gasteiger partial charge in [-0.3, -0.25) is 4.79 Å². The molecule has 1 rings (SSSR count). The summed E-state index contributed by atoms with van der Waals surface area (Å²) in [4.78, 5) is 10.8. The van der Waals surface area contributed by atoms with Crippen molar-refractivity contribution in [1.82, 2.24) is 0 Å². The van der Waals surface area contributed by atoms with E-state index in [0.717, 1.165) is 0 Å². The van der Waals surface area contributed by atoms with E-state index in [4.69, 9.17) is 0 Å². The lowest BCUT2D eigenvalue weighted by Crippen LogP contribution is -2.70. The maximum atomic E-state index is 12.5. The molecule has 8 heteroatoms. The minimum atomic E-state index is -5.68. The SMILES string of the molecule is CCOC1CC(=O)C1(C(F)(F)F)C(F)(F)F. The van der Waals surface area contributed by atoms with Gasteiger partial charge in [0.15, 0.2) is 5.78 Å². The standard InChI is InChI=1S/C8H8F6O2/c1-2-16-5-3-4(15)6(5,7(9,10)11)8(12,13)14/h5H,2-3H2,1H3. The van der Waals surface area contributed by atoms with Crippen molar-refractivity contribution in [3.8, 4) is 0 Å². The Morgan fingerprint density at radius 2 is 1.69 bits per heavy atom. The molecule has 0 bridgehead atoms. The van der Waals surface area contributed by atoms with Gasteiger partial charge < -0.3 is 4.74 Å². The van der Waals surface area contributed by atoms with Crippen LogP contribution in [0, 0.1) is 5.41 Å². The first-order valence-corrected chi connectivity index (χ1v) is 4.37. The average molecular weight is 250 g/mol. The van der Waals surface area contributed by atoms with Crippen LogP contribution in [0.25, 0.3) is 0 Å². The lowest BCUT2D eigenvalue weighted by Gasteiger charge is -2.48. The highest BCUT2D eigenvalue weighted by Crippen LogP contribution is 2.60. The van der Waals surface area contributed by atoms with Crippen LogP contribution in [0.1, 0.15) is 13.3 Å². The number of ether oxygens (including phenoxy) is 1. The Kier molecular flexibility index (Phi) is 3.00. The molecule has 1 aliphatic carbocycles. The zero-order chi connectivity index (χ0) is 12.8. The van der Waals surface area contributed by atoms with Gasteiger partial charge in [0, 0.05) is 13.0 Å². The molecule has 16 heavy (non-hydrogen) atoms. The molecule has 0 aromatic carbocycles. The molecule has 1 fully saturated rings. The van der Waals surface area contributed by atoms with E-state index in [1.807, 2.05) is 0 Å². The molecule has 0 spiro atoms. The lowest BCUT2D eigenvalue weighted by molar-refractivity contribution is -0.367. The van der Waals surface area contributed by atoms with E-state index in [0.29, 0.717) is 0 Å². The van der Waals surface area contributed by atoms with Gasteiger partial charge in [-0.2, -0.15) is 26.3 Å². The van der Waals surface area contributed by atoms with Crippen molar-refractivity contribution >= 4 is 5.78 Å². The molecule has 0 aromatic rings. The second-order valence-electron chi connectivity index (χ2n) is 3.37. The molecular weight excluding hydrogens is 242 g/mol. The predicted molar refractivity (Wildman–Crippen MR) is 39.6 cm³/mol. The van der Waals surface area contributed by atoms with Gasteiger partial charge in [-0.15, -0.1) is 0 Å². The number of hydrogen-bond acceptors (Lipinski definition) is 2. The van der Waals surface area contributed by atoms with E-state index in [9.17, 15) is 31.1 Å². The van der Waals surface area contributed by atoms with Gasteiger partial charge in [-0.1, -0.05) is 0 Å². The Balaban J connectivity index is 3.19. The number of carbonyl (C=O) groups excluding carboxylic acids is 1. The van der Waals surface area contributed by atoms with Crippen molar-refractivity contribution in [3.05, 3.63) is 0 Å². The van der Waals surface area contributed by atoms with E-state index in [1.165, 1.54) is 6.92 Å². The second kappa shape index (κ2) is 3.61. The number of ketones is 1. The molecular formula is C8H8F6O2. The average Bonchev–Trinajstić information content (AvgIpc) is 1.97. The Labute approximate surface area is 86.6 Å². The smallest absolute Gasteiger partial charge is 0.376 e. The van der Waals surface area contributed by atoms with Crippen LogP contribution in [0.3, 0.4) is 0 Å². The van der Waals surface area contributed by atoms with Crippen LogP contribution in [-0.2, 0) is 9.53 Å². The topological polar surface area (TPSA) is 26.3 Å². The van der Waals surface area contributed by atoms with Crippen molar-refractivity contribution in [3.63, 3.8) is 0 Å². The van der Waals surface area contributed by atoms with Gasteiger partial charge in [0.25, 0.3) is 0 Å². The van der Waals surface area contributed by atoms with Crippen molar-refractivity contribution in [2.24, 2.45) is 5.41 Å². The summed E-state index contributed by atoms with van der Waals surface area (Å²) >= 11 is 0. The van der Waals surface area contributed by atoms with Crippen molar-refractivity contribution in [2.75, 3.05) is 6.61 Å². The fourth-order valence-corrected chi connectivity index (χ4v) is 1.76. The molecule has 0 N–H and O–H groups in total. The molecule has 1 atom stereocenters.